The number of aromatic amines is 1. The van der Waals surface area contributed by atoms with E-state index in [9.17, 15) is 14.4 Å². The first kappa shape index (κ1) is 21.9. The highest BCUT2D eigenvalue weighted by atomic mass is 16.2. The van der Waals surface area contributed by atoms with Gasteiger partial charge in [0.2, 0.25) is 0 Å². The van der Waals surface area contributed by atoms with Crippen molar-refractivity contribution < 1.29 is 4.79 Å². The van der Waals surface area contributed by atoms with Crippen LogP contribution in [0.2, 0.25) is 0 Å². The smallest absolute Gasteiger partial charge is 0.333 e. The lowest BCUT2D eigenvalue weighted by Gasteiger charge is -2.28. The summed E-state index contributed by atoms with van der Waals surface area (Å²) in [5, 5.41) is 1.01. The van der Waals surface area contributed by atoms with Crippen LogP contribution in [0.15, 0.2) is 46.0 Å². The van der Waals surface area contributed by atoms with E-state index in [0.717, 1.165) is 17.3 Å². The van der Waals surface area contributed by atoms with Gasteiger partial charge in [0.05, 0.1) is 0 Å². The van der Waals surface area contributed by atoms with Crippen LogP contribution in [0.5, 0.6) is 0 Å². The topological polar surface area (TPSA) is 83.3 Å². The Morgan fingerprint density at radius 2 is 1.62 bits per heavy atom. The molecule has 0 spiro atoms. The van der Waals surface area contributed by atoms with Crippen LogP contribution >= 0.6 is 0 Å². The molecule has 1 saturated heterocycles. The van der Waals surface area contributed by atoms with Gasteiger partial charge in [-0.1, -0.05) is 18.2 Å². The van der Waals surface area contributed by atoms with Crippen molar-refractivity contribution in [1.82, 2.24) is 19.0 Å². The van der Waals surface area contributed by atoms with Crippen molar-refractivity contribution in [2.75, 3.05) is 31.1 Å². The van der Waals surface area contributed by atoms with E-state index in [1.807, 2.05) is 62.9 Å². The normalized spacial score (nSPS) is 15.1. The fraction of sp³-hybridized carbons (Fsp3) is 0.458. The Morgan fingerprint density at radius 1 is 0.906 bits per heavy atom. The van der Waals surface area contributed by atoms with Crippen molar-refractivity contribution in [3.63, 3.8) is 0 Å². The van der Waals surface area contributed by atoms with Crippen LogP contribution in [0.25, 0.3) is 10.9 Å². The predicted molar refractivity (Wildman–Crippen MR) is 127 cm³/mol. The molecule has 0 aliphatic carbocycles. The summed E-state index contributed by atoms with van der Waals surface area (Å²) in [6, 6.07) is 11.0. The summed E-state index contributed by atoms with van der Waals surface area (Å²) in [5.74, 6) is 0.603. The van der Waals surface area contributed by atoms with Gasteiger partial charge in [0.15, 0.2) is 0 Å². The van der Waals surface area contributed by atoms with E-state index in [0.29, 0.717) is 37.7 Å². The van der Waals surface area contributed by atoms with E-state index < -0.39 is 0 Å². The number of nitrogens with one attached hydrogen (secondary N) is 1. The Labute approximate surface area is 187 Å². The Kier molecular flexibility index (Phi) is 5.95. The molecule has 0 bridgehead atoms. The van der Waals surface area contributed by atoms with Crippen molar-refractivity contribution in [1.29, 1.82) is 0 Å². The first-order chi connectivity index (χ1) is 15.3. The Bertz CT molecular complexity index is 1220. The molecule has 170 valence electrons. The summed E-state index contributed by atoms with van der Waals surface area (Å²) < 4.78 is 2.99. The third-order valence-electron chi connectivity index (χ3n) is 6.05. The molecule has 8 nitrogen and oxygen atoms in total. The summed E-state index contributed by atoms with van der Waals surface area (Å²) in [7, 11) is 0. The van der Waals surface area contributed by atoms with E-state index in [4.69, 9.17) is 0 Å². The van der Waals surface area contributed by atoms with Crippen LogP contribution in [0.3, 0.4) is 0 Å². The molecule has 4 rings (SSSR count). The number of aromatic nitrogens is 3. The van der Waals surface area contributed by atoms with Crippen molar-refractivity contribution >= 4 is 22.6 Å². The number of H-pyrrole nitrogens is 1. The predicted octanol–water partition coefficient (Wildman–Crippen LogP) is 3.01. The van der Waals surface area contributed by atoms with E-state index in [2.05, 4.69) is 9.88 Å². The number of nitrogens with zero attached hydrogens (tertiary/aromatic N) is 4. The van der Waals surface area contributed by atoms with Gasteiger partial charge in [-0.05, 0) is 46.2 Å². The average Bonchev–Trinajstić information content (AvgIpc) is 3.02. The molecule has 3 heterocycles. The third kappa shape index (κ3) is 3.97. The number of carbonyl (C=O) groups is 1. The number of hydrogen-bond donors (Lipinski definition) is 1. The van der Waals surface area contributed by atoms with Crippen molar-refractivity contribution in [2.24, 2.45) is 0 Å². The molecular formula is C24H31N5O3. The zero-order valence-electron chi connectivity index (χ0n) is 19.2. The lowest BCUT2D eigenvalue weighted by atomic mass is 10.2. The minimum atomic E-state index is -0.285. The van der Waals surface area contributed by atoms with Crippen LogP contribution in [0.4, 0.5) is 5.82 Å². The maximum Gasteiger partial charge on any atom is 0.333 e. The maximum atomic E-state index is 13.1. The number of rotatable bonds is 4. The number of benzene rings is 1. The molecular weight excluding hydrogens is 406 g/mol. The second kappa shape index (κ2) is 8.68. The summed E-state index contributed by atoms with van der Waals surface area (Å²) in [6.45, 7) is 9.96. The highest BCUT2D eigenvalue weighted by Crippen LogP contribution is 2.20. The van der Waals surface area contributed by atoms with Crippen molar-refractivity contribution in [3.05, 3.63) is 62.9 Å². The standard InChI is InChI=1S/C24H31N5O3/c1-16(2)28-21(15-22(30)29(17(3)4)24(28)32)26-10-7-11-27(13-12-26)23(31)20-14-18-8-5-6-9-19(18)25-20/h5-6,8-9,14-17,25H,7,10-13H2,1-4H3. The highest BCUT2D eigenvalue weighted by molar-refractivity contribution is 5.98. The second-order valence-corrected chi connectivity index (χ2v) is 8.95. The molecule has 8 heteroatoms. The quantitative estimate of drug-likeness (QED) is 0.680. The first-order valence-corrected chi connectivity index (χ1v) is 11.3. The molecule has 0 radical (unpaired) electrons. The van der Waals surface area contributed by atoms with Crippen molar-refractivity contribution in [2.45, 2.75) is 46.2 Å². The van der Waals surface area contributed by atoms with Gasteiger partial charge in [-0.15, -0.1) is 0 Å². The highest BCUT2D eigenvalue weighted by Gasteiger charge is 2.25. The molecule has 2 aromatic heterocycles. The van der Waals surface area contributed by atoms with Gasteiger partial charge in [-0.25, -0.2) is 4.79 Å². The molecule has 0 atom stereocenters. The fourth-order valence-electron chi connectivity index (χ4n) is 4.47. The van der Waals surface area contributed by atoms with Gasteiger partial charge in [0, 0.05) is 55.2 Å². The largest absolute Gasteiger partial charge is 0.356 e. The lowest BCUT2D eigenvalue weighted by molar-refractivity contribution is 0.0762. The fourth-order valence-corrected chi connectivity index (χ4v) is 4.47. The maximum absolute atomic E-state index is 13.1. The summed E-state index contributed by atoms with van der Waals surface area (Å²) in [5.41, 5.74) is 0.956. The Morgan fingerprint density at radius 3 is 2.31 bits per heavy atom. The third-order valence-corrected chi connectivity index (χ3v) is 6.05. The zero-order chi connectivity index (χ0) is 23.0. The first-order valence-electron chi connectivity index (χ1n) is 11.3. The monoisotopic (exact) mass is 437 g/mol. The van der Waals surface area contributed by atoms with Crippen molar-refractivity contribution in [3.8, 4) is 0 Å². The van der Waals surface area contributed by atoms with Crippen LogP contribution in [-0.4, -0.2) is 51.1 Å². The average molecular weight is 438 g/mol. The molecule has 0 unspecified atom stereocenters. The second-order valence-electron chi connectivity index (χ2n) is 8.95. The van der Waals surface area contributed by atoms with E-state index in [-0.39, 0.29) is 29.2 Å². The molecule has 1 fully saturated rings. The van der Waals surface area contributed by atoms with E-state index >= 15 is 0 Å². The molecule has 3 aromatic rings. The molecule has 0 saturated carbocycles. The van der Waals surface area contributed by atoms with Crippen LogP contribution in [-0.2, 0) is 0 Å². The molecule has 1 amide bonds. The van der Waals surface area contributed by atoms with E-state index in [1.54, 1.807) is 10.6 Å². The SMILES string of the molecule is CC(C)n1c(N2CCCN(C(=O)c3cc4ccccc4[nH]3)CC2)cc(=O)n(C(C)C)c1=O. The van der Waals surface area contributed by atoms with Gasteiger partial charge in [0.1, 0.15) is 11.5 Å². The van der Waals surface area contributed by atoms with Gasteiger partial charge in [0.25, 0.3) is 11.5 Å². The van der Waals surface area contributed by atoms with Gasteiger partial charge >= 0.3 is 5.69 Å². The summed E-state index contributed by atoms with van der Waals surface area (Å²) in [6.07, 6.45) is 0.755. The van der Waals surface area contributed by atoms with Crippen LogP contribution in [0, 0.1) is 0 Å². The van der Waals surface area contributed by atoms with Gasteiger partial charge < -0.3 is 14.8 Å². The van der Waals surface area contributed by atoms with E-state index in [1.165, 1.54) is 4.57 Å². The number of fused-ring (bicyclic) bond motifs is 1. The number of para-hydroxylation sites is 1. The zero-order valence-corrected chi connectivity index (χ0v) is 19.2. The van der Waals surface area contributed by atoms with Crippen LogP contribution in [0.1, 0.15) is 56.7 Å². The summed E-state index contributed by atoms with van der Waals surface area (Å²) in [4.78, 5) is 46.1. The molecule has 32 heavy (non-hydrogen) atoms. The summed E-state index contributed by atoms with van der Waals surface area (Å²) >= 11 is 0. The number of anilines is 1. The number of hydrogen-bond acceptors (Lipinski definition) is 4. The van der Waals surface area contributed by atoms with Gasteiger partial charge in [-0.3, -0.25) is 18.7 Å². The Hall–Kier alpha value is -3.29. The van der Waals surface area contributed by atoms with Crippen LogP contribution < -0.4 is 16.1 Å². The molecule has 1 N–H and O–H groups in total. The molecule has 1 aliphatic rings. The van der Waals surface area contributed by atoms with Gasteiger partial charge in [-0.2, -0.15) is 0 Å². The molecule has 1 aliphatic heterocycles. The number of amides is 1. The number of carbonyl (C=O) groups excluding carboxylic acids is 1. The minimum Gasteiger partial charge on any atom is -0.356 e. The Balaban J connectivity index is 1.60. The molecule has 1 aromatic carbocycles. The lowest BCUT2D eigenvalue weighted by Crippen LogP contribution is -2.45. The minimum absolute atomic E-state index is 0.0282.